The molecule has 1 atom stereocenters. The van der Waals surface area contributed by atoms with E-state index in [2.05, 4.69) is 15.4 Å². The van der Waals surface area contributed by atoms with Gasteiger partial charge in [0.25, 0.3) is 21.6 Å². The van der Waals surface area contributed by atoms with E-state index in [1.165, 1.54) is 49.4 Å². The molecule has 0 aromatic heterocycles. The van der Waals surface area contributed by atoms with E-state index >= 15 is 0 Å². The van der Waals surface area contributed by atoms with Crippen LogP contribution in [0, 0.1) is 10.1 Å². The van der Waals surface area contributed by atoms with Gasteiger partial charge < -0.3 is 10.6 Å². The fraction of sp³-hybridized carbons (Fsp3) is 0.0909. The maximum Gasteiger partial charge on any atom is 0.270 e. The second kappa shape index (κ2) is 9.92. The molecule has 3 N–H and O–H groups in total. The summed E-state index contributed by atoms with van der Waals surface area (Å²) in [6.07, 6.45) is 0. The van der Waals surface area contributed by atoms with Gasteiger partial charge in [0, 0.05) is 17.7 Å². The Labute approximate surface area is 189 Å². The summed E-state index contributed by atoms with van der Waals surface area (Å²) in [6, 6.07) is 18.1. The number of para-hydroxylation sites is 2. The molecule has 0 radical (unpaired) electrons. The normalized spacial score (nSPS) is 11.8. The number of anilines is 2. The molecule has 170 valence electrons. The first-order valence-corrected chi connectivity index (χ1v) is 11.2. The minimum Gasteiger partial charge on any atom is -0.341 e. The molecule has 0 bridgehead atoms. The van der Waals surface area contributed by atoms with Gasteiger partial charge in [0.15, 0.2) is 0 Å². The van der Waals surface area contributed by atoms with Crippen molar-refractivity contribution in [2.45, 2.75) is 17.9 Å². The van der Waals surface area contributed by atoms with Crippen molar-refractivity contribution in [2.75, 3.05) is 10.0 Å². The Bertz CT molecular complexity index is 1300. The molecular formula is C22H20N4O6S. The van der Waals surface area contributed by atoms with Crippen molar-refractivity contribution in [3.8, 4) is 0 Å². The molecule has 0 fully saturated rings. The first-order chi connectivity index (χ1) is 15.7. The summed E-state index contributed by atoms with van der Waals surface area (Å²) in [6.45, 7) is 1.43. The van der Waals surface area contributed by atoms with Crippen molar-refractivity contribution in [3.63, 3.8) is 0 Å². The van der Waals surface area contributed by atoms with Crippen molar-refractivity contribution in [1.82, 2.24) is 5.32 Å². The molecule has 0 saturated heterocycles. The molecule has 0 saturated carbocycles. The van der Waals surface area contributed by atoms with Gasteiger partial charge in [0.05, 0.1) is 21.2 Å². The zero-order valence-corrected chi connectivity index (χ0v) is 18.2. The number of amides is 2. The molecule has 33 heavy (non-hydrogen) atoms. The Morgan fingerprint density at radius 1 is 0.909 bits per heavy atom. The molecule has 0 aliphatic carbocycles. The molecular weight excluding hydrogens is 448 g/mol. The molecule has 0 heterocycles. The lowest BCUT2D eigenvalue weighted by Crippen LogP contribution is -2.41. The van der Waals surface area contributed by atoms with Gasteiger partial charge >= 0.3 is 0 Å². The number of benzene rings is 3. The summed E-state index contributed by atoms with van der Waals surface area (Å²) >= 11 is 0. The van der Waals surface area contributed by atoms with Crippen LogP contribution in [-0.4, -0.2) is 31.2 Å². The van der Waals surface area contributed by atoms with Crippen LogP contribution in [-0.2, 0) is 14.8 Å². The third-order valence-electron chi connectivity index (χ3n) is 4.54. The maximum atomic E-state index is 12.6. The molecule has 0 aliphatic rings. The van der Waals surface area contributed by atoms with Crippen molar-refractivity contribution < 1.29 is 22.9 Å². The van der Waals surface area contributed by atoms with Gasteiger partial charge in [-0.15, -0.1) is 0 Å². The Balaban J connectivity index is 1.71. The predicted molar refractivity (Wildman–Crippen MR) is 122 cm³/mol. The highest BCUT2D eigenvalue weighted by molar-refractivity contribution is 7.92. The Hall–Kier alpha value is -4.25. The SMILES string of the molecule is CC(NC(=O)c1cccc([N+](=O)[O-])c1)C(=O)Nc1ccccc1NS(=O)(=O)c1ccccc1. The molecule has 11 heteroatoms. The van der Waals surface area contributed by atoms with Gasteiger partial charge in [-0.3, -0.25) is 24.4 Å². The third-order valence-corrected chi connectivity index (χ3v) is 5.92. The molecule has 3 rings (SSSR count). The van der Waals surface area contributed by atoms with Crippen LogP contribution in [0.2, 0.25) is 0 Å². The van der Waals surface area contributed by atoms with Crippen LogP contribution in [0.3, 0.4) is 0 Å². The van der Waals surface area contributed by atoms with Gasteiger partial charge in [-0.1, -0.05) is 36.4 Å². The number of nitrogens with one attached hydrogen (secondary N) is 3. The van der Waals surface area contributed by atoms with Crippen molar-refractivity contribution in [3.05, 3.63) is 94.5 Å². The van der Waals surface area contributed by atoms with E-state index in [0.29, 0.717) is 0 Å². The first-order valence-electron chi connectivity index (χ1n) is 9.70. The lowest BCUT2D eigenvalue weighted by molar-refractivity contribution is -0.384. The van der Waals surface area contributed by atoms with E-state index < -0.39 is 32.8 Å². The van der Waals surface area contributed by atoms with E-state index in [9.17, 15) is 28.1 Å². The molecule has 0 aliphatic heterocycles. The maximum absolute atomic E-state index is 12.6. The van der Waals surface area contributed by atoms with Crippen LogP contribution in [0.4, 0.5) is 17.1 Å². The van der Waals surface area contributed by atoms with Gasteiger partial charge in [0.1, 0.15) is 6.04 Å². The average Bonchev–Trinajstić information content (AvgIpc) is 2.80. The van der Waals surface area contributed by atoms with Crippen LogP contribution in [0.25, 0.3) is 0 Å². The Morgan fingerprint density at radius 3 is 2.21 bits per heavy atom. The highest BCUT2D eigenvalue weighted by Crippen LogP contribution is 2.24. The number of nitrogens with zero attached hydrogens (tertiary/aromatic N) is 1. The molecule has 1 unspecified atom stereocenters. The highest BCUT2D eigenvalue weighted by atomic mass is 32.2. The Morgan fingerprint density at radius 2 is 1.55 bits per heavy atom. The number of rotatable bonds is 8. The number of hydrogen-bond acceptors (Lipinski definition) is 6. The van der Waals surface area contributed by atoms with E-state index in [1.807, 2.05) is 0 Å². The molecule has 0 spiro atoms. The fourth-order valence-corrected chi connectivity index (χ4v) is 3.93. The predicted octanol–water partition coefficient (Wildman–Crippen LogP) is 3.15. The number of hydrogen-bond donors (Lipinski definition) is 3. The summed E-state index contributed by atoms with van der Waals surface area (Å²) in [5, 5.41) is 15.9. The number of sulfonamides is 1. The quantitative estimate of drug-likeness (QED) is 0.342. The average molecular weight is 468 g/mol. The minimum atomic E-state index is -3.88. The van der Waals surface area contributed by atoms with Crippen molar-refractivity contribution in [1.29, 1.82) is 0 Å². The number of carbonyl (C=O) groups is 2. The largest absolute Gasteiger partial charge is 0.341 e. The minimum absolute atomic E-state index is 0.0277. The number of nitro benzene ring substituents is 1. The monoisotopic (exact) mass is 468 g/mol. The summed E-state index contributed by atoms with van der Waals surface area (Å²) in [4.78, 5) is 35.4. The summed E-state index contributed by atoms with van der Waals surface area (Å²) in [5.74, 6) is -1.28. The number of nitro groups is 1. The topological polar surface area (TPSA) is 148 Å². The van der Waals surface area contributed by atoms with Gasteiger partial charge in [-0.25, -0.2) is 8.42 Å². The lowest BCUT2D eigenvalue weighted by Gasteiger charge is -2.17. The number of carbonyl (C=O) groups excluding carboxylic acids is 2. The van der Waals surface area contributed by atoms with Gasteiger partial charge in [0.2, 0.25) is 5.91 Å². The molecule has 3 aromatic carbocycles. The standard InChI is InChI=1S/C22H20N4O6S/c1-15(23-22(28)16-8-7-9-17(14-16)26(29)30)21(27)24-19-12-5-6-13-20(19)25-33(31,32)18-10-3-2-4-11-18/h2-15,25H,1H3,(H,23,28)(H,24,27). The summed E-state index contributed by atoms with van der Waals surface area (Å²) in [5.41, 5.74) is 0.115. The smallest absolute Gasteiger partial charge is 0.270 e. The van der Waals surface area contributed by atoms with Crippen molar-refractivity contribution >= 4 is 38.9 Å². The van der Waals surface area contributed by atoms with Crippen LogP contribution in [0.15, 0.2) is 83.8 Å². The Kier molecular flexibility index (Phi) is 7.04. The van der Waals surface area contributed by atoms with E-state index in [0.717, 1.165) is 6.07 Å². The number of non-ortho nitro benzene ring substituents is 1. The van der Waals surface area contributed by atoms with Crippen LogP contribution in [0.1, 0.15) is 17.3 Å². The second-order valence-electron chi connectivity index (χ2n) is 6.96. The highest BCUT2D eigenvalue weighted by Gasteiger charge is 2.21. The third kappa shape index (κ3) is 5.92. The van der Waals surface area contributed by atoms with Crippen LogP contribution >= 0.6 is 0 Å². The van der Waals surface area contributed by atoms with Crippen molar-refractivity contribution in [2.24, 2.45) is 0 Å². The van der Waals surface area contributed by atoms with E-state index in [1.54, 1.807) is 30.3 Å². The zero-order chi connectivity index (χ0) is 24.0. The van der Waals surface area contributed by atoms with Crippen LogP contribution in [0.5, 0.6) is 0 Å². The summed E-state index contributed by atoms with van der Waals surface area (Å²) in [7, 11) is -3.88. The molecule has 3 aromatic rings. The molecule has 2 amide bonds. The van der Waals surface area contributed by atoms with Gasteiger partial charge in [-0.2, -0.15) is 0 Å². The van der Waals surface area contributed by atoms with Crippen LogP contribution < -0.4 is 15.4 Å². The van der Waals surface area contributed by atoms with E-state index in [4.69, 9.17) is 0 Å². The van der Waals surface area contributed by atoms with E-state index in [-0.39, 0.29) is 27.5 Å². The molecule has 10 nitrogen and oxygen atoms in total. The van der Waals surface area contributed by atoms with Gasteiger partial charge in [-0.05, 0) is 37.3 Å². The lowest BCUT2D eigenvalue weighted by atomic mass is 10.1. The first kappa shape index (κ1) is 23.4. The summed E-state index contributed by atoms with van der Waals surface area (Å²) < 4.78 is 27.7. The fourth-order valence-electron chi connectivity index (χ4n) is 2.83. The second-order valence-corrected chi connectivity index (χ2v) is 8.64. The zero-order valence-electron chi connectivity index (χ0n) is 17.4.